The van der Waals surface area contributed by atoms with Gasteiger partial charge >= 0.3 is 0 Å². The number of rotatable bonds is 5. The summed E-state index contributed by atoms with van der Waals surface area (Å²) in [6.45, 7) is 5.93. The van der Waals surface area contributed by atoms with Crippen molar-refractivity contribution < 1.29 is 9.84 Å². The first-order chi connectivity index (χ1) is 15.3. The van der Waals surface area contributed by atoms with E-state index < -0.39 is 5.60 Å². The number of aliphatic hydroxyl groups is 1. The quantitative estimate of drug-likeness (QED) is 0.540. The number of hydrogen-bond acceptors (Lipinski definition) is 9. The molecule has 2 fully saturated rings. The smallest absolute Gasteiger partial charge is 0.231 e. The topological polar surface area (TPSA) is 143 Å². The standard InChI is InChI=1S/C21H27N9O2/c1-12-5-4-6-29(12)19-14(7-22)16-17(23)26-20(27-18(16)28(19)3)25-15-8-24-30(13(15)2)9-21(31)10-32-11-21/h8,12,31H,4-6,9-11H2,1-3H3,(H3,23,25,26,27)/t12-/m1/s1. The lowest BCUT2D eigenvalue weighted by molar-refractivity contribution is -0.186. The number of fused-ring (bicyclic) bond motifs is 1. The minimum Gasteiger partial charge on any atom is -0.383 e. The van der Waals surface area contributed by atoms with Crippen LogP contribution < -0.4 is 16.0 Å². The molecule has 32 heavy (non-hydrogen) atoms. The molecule has 0 saturated carbocycles. The Kier molecular flexibility index (Phi) is 4.72. The first-order valence-electron chi connectivity index (χ1n) is 10.7. The first kappa shape index (κ1) is 20.5. The average molecular weight is 438 g/mol. The maximum atomic E-state index is 10.4. The van der Waals surface area contributed by atoms with E-state index in [1.165, 1.54) is 0 Å². The number of nitrogens with zero attached hydrogens (tertiary/aromatic N) is 7. The summed E-state index contributed by atoms with van der Waals surface area (Å²) in [6.07, 6.45) is 3.85. The van der Waals surface area contributed by atoms with Crippen molar-refractivity contribution in [2.24, 2.45) is 7.05 Å². The van der Waals surface area contributed by atoms with Gasteiger partial charge in [-0.2, -0.15) is 20.3 Å². The van der Waals surface area contributed by atoms with Crippen LogP contribution in [0.4, 0.5) is 23.3 Å². The Hall–Kier alpha value is -3.36. The van der Waals surface area contributed by atoms with Crippen LogP contribution in [0, 0.1) is 18.3 Å². The van der Waals surface area contributed by atoms with Crippen LogP contribution in [0.2, 0.25) is 0 Å². The van der Waals surface area contributed by atoms with Gasteiger partial charge in [0.05, 0.1) is 42.7 Å². The molecule has 0 bridgehead atoms. The zero-order chi connectivity index (χ0) is 22.6. The van der Waals surface area contributed by atoms with E-state index in [-0.39, 0.29) is 5.82 Å². The van der Waals surface area contributed by atoms with Crippen LogP contribution in [0.3, 0.4) is 0 Å². The maximum absolute atomic E-state index is 10.4. The molecule has 0 amide bonds. The van der Waals surface area contributed by atoms with Gasteiger partial charge in [-0.1, -0.05) is 0 Å². The summed E-state index contributed by atoms with van der Waals surface area (Å²) in [4.78, 5) is 11.4. The van der Waals surface area contributed by atoms with E-state index in [1.54, 1.807) is 10.9 Å². The SMILES string of the molecule is Cc1c(Nc2nc(N)c3c(C#N)c(N4CCC[C@H]4C)n(C)c3n2)cnn1CC1(O)COC1. The highest BCUT2D eigenvalue weighted by molar-refractivity contribution is 5.98. The van der Waals surface area contributed by atoms with E-state index >= 15 is 0 Å². The van der Waals surface area contributed by atoms with E-state index in [9.17, 15) is 10.4 Å². The van der Waals surface area contributed by atoms with Crippen LogP contribution in [-0.4, -0.2) is 60.8 Å². The highest BCUT2D eigenvalue weighted by Crippen LogP contribution is 2.37. The second-order valence-corrected chi connectivity index (χ2v) is 8.83. The number of nitriles is 1. The summed E-state index contributed by atoms with van der Waals surface area (Å²) < 4.78 is 8.78. The van der Waals surface area contributed by atoms with Crippen molar-refractivity contribution in [1.29, 1.82) is 5.26 Å². The second-order valence-electron chi connectivity index (χ2n) is 8.83. The first-order valence-corrected chi connectivity index (χ1v) is 10.7. The van der Waals surface area contributed by atoms with Gasteiger partial charge in [-0.05, 0) is 26.7 Å². The summed E-state index contributed by atoms with van der Waals surface area (Å²) in [5.41, 5.74) is 8.11. The lowest BCUT2D eigenvalue weighted by Gasteiger charge is -2.36. The molecular weight excluding hydrogens is 410 g/mol. The normalized spacial score (nSPS) is 19.8. The van der Waals surface area contributed by atoms with Crippen molar-refractivity contribution in [3.05, 3.63) is 17.5 Å². The molecular formula is C21H27N9O2. The zero-order valence-electron chi connectivity index (χ0n) is 18.5. The fourth-order valence-electron chi connectivity index (χ4n) is 4.63. The van der Waals surface area contributed by atoms with Gasteiger partial charge in [-0.15, -0.1) is 0 Å². The highest BCUT2D eigenvalue weighted by Gasteiger charge is 2.37. The predicted octanol–water partition coefficient (Wildman–Crippen LogP) is 1.42. The number of ether oxygens (including phenoxy) is 1. The molecule has 3 aromatic heterocycles. The Labute approximate surface area is 185 Å². The van der Waals surface area contributed by atoms with Crippen LogP contribution in [0.1, 0.15) is 31.0 Å². The summed E-state index contributed by atoms with van der Waals surface area (Å²) >= 11 is 0. The molecule has 2 saturated heterocycles. The summed E-state index contributed by atoms with van der Waals surface area (Å²) in [5, 5.41) is 28.4. The maximum Gasteiger partial charge on any atom is 0.231 e. The average Bonchev–Trinajstić information content (AvgIpc) is 3.38. The van der Waals surface area contributed by atoms with E-state index in [0.29, 0.717) is 48.3 Å². The number of nitrogens with two attached hydrogens (primary N) is 1. The Bertz CT molecular complexity index is 1230. The van der Waals surface area contributed by atoms with E-state index in [4.69, 9.17) is 10.5 Å². The van der Waals surface area contributed by atoms with Gasteiger partial charge in [0.15, 0.2) is 0 Å². The largest absolute Gasteiger partial charge is 0.383 e. The Morgan fingerprint density at radius 2 is 2.19 bits per heavy atom. The third kappa shape index (κ3) is 3.14. The second kappa shape index (κ2) is 7.36. The van der Waals surface area contributed by atoms with Crippen molar-refractivity contribution in [3.8, 4) is 6.07 Å². The van der Waals surface area contributed by atoms with E-state index in [0.717, 1.165) is 36.6 Å². The van der Waals surface area contributed by atoms with Gasteiger partial charge in [-0.3, -0.25) is 4.68 Å². The third-order valence-electron chi connectivity index (χ3n) is 6.50. The number of hydrogen-bond donors (Lipinski definition) is 3. The van der Waals surface area contributed by atoms with Gasteiger partial charge in [0, 0.05) is 19.6 Å². The van der Waals surface area contributed by atoms with Crippen LogP contribution in [0.15, 0.2) is 6.20 Å². The lowest BCUT2D eigenvalue weighted by atomic mass is 10.0. The summed E-state index contributed by atoms with van der Waals surface area (Å²) in [5.74, 6) is 1.42. The molecule has 4 N–H and O–H groups in total. The Morgan fingerprint density at radius 1 is 1.41 bits per heavy atom. The molecule has 0 aromatic carbocycles. The minimum atomic E-state index is -0.881. The Morgan fingerprint density at radius 3 is 2.81 bits per heavy atom. The van der Waals surface area contributed by atoms with Gasteiger partial charge in [0.2, 0.25) is 5.95 Å². The molecule has 1 atom stereocenters. The van der Waals surface area contributed by atoms with Crippen molar-refractivity contribution in [1.82, 2.24) is 24.3 Å². The van der Waals surface area contributed by atoms with Gasteiger partial charge < -0.3 is 30.4 Å². The van der Waals surface area contributed by atoms with Crippen molar-refractivity contribution in [3.63, 3.8) is 0 Å². The molecule has 3 aromatic rings. The zero-order valence-corrected chi connectivity index (χ0v) is 18.5. The minimum absolute atomic E-state index is 0.258. The molecule has 0 radical (unpaired) electrons. The van der Waals surface area contributed by atoms with Crippen molar-refractivity contribution >= 4 is 34.3 Å². The van der Waals surface area contributed by atoms with E-state index in [1.807, 2.05) is 18.5 Å². The molecule has 5 rings (SSSR count). The highest BCUT2D eigenvalue weighted by atomic mass is 16.5. The molecule has 0 aliphatic carbocycles. The fraction of sp³-hybridized carbons (Fsp3) is 0.524. The summed E-state index contributed by atoms with van der Waals surface area (Å²) in [6, 6.07) is 2.67. The number of aromatic nitrogens is 5. The van der Waals surface area contributed by atoms with Gasteiger partial charge in [0.25, 0.3) is 0 Å². The number of aryl methyl sites for hydroxylation is 1. The molecule has 5 heterocycles. The van der Waals surface area contributed by atoms with Crippen LogP contribution in [0.25, 0.3) is 11.0 Å². The van der Waals surface area contributed by atoms with E-state index in [2.05, 4.69) is 38.3 Å². The lowest BCUT2D eigenvalue weighted by Crippen LogP contribution is -2.52. The number of anilines is 4. The fourth-order valence-corrected chi connectivity index (χ4v) is 4.63. The van der Waals surface area contributed by atoms with Gasteiger partial charge in [0.1, 0.15) is 34.5 Å². The predicted molar refractivity (Wildman–Crippen MR) is 120 cm³/mol. The molecule has 11 nitrogen and oxygen atoms in total. The Balaban J connectivity index is 1.51. The van der Waals surface area contributed by atoms with Gasteiger partial charge in [-0.25, -0.2) is 0 Å². The molecule has 2 aliphatic rings. The summed E-state index contributed by atoms with van der Waals surface area (Å²) in [7, 11) is 1.91. The molecule has 168 valence electrons. The van der Waals surface area contributed by atoms with Crippen molar-refractivity contribution in [2.45, 2.75) is 44.9 Å². The molecule has 0 unspecified atom stereocenters. The van der Waals surface area contributed by atoms with Crippen LogP contribution in [0.5, 0.6) is 0 Å². The van der Waals surface area contributed by atoms with Crippen molar-refractivity contribution in [2.75, 3.05) is 35.7 Å². The molecule has 2 aliphatic heterocycles. The third-order valence-corrected chi connectivity index (χ3v) is 6.50. The molecule has 11 heteroatoms. The number of nitrogens with one attached hydrogen (secondary N) is 1. The van der Waals surface area contributed by atoms with Crippen LogP contribution in [-0.2, 0) is 18.3 Å². The monoisotopic (exact) mass is 437 g/mol. The van der Waals surface area contributed by atoms with Crippen LogP contribution >= 0.6 is 0 Å². The number of nitrogen functional groups attached to an aromatic ring is 1. The molecule has 0 spiro atoms.